The number of hydrogen-bond donors (Lipinski definition) is 1. The van der Waals surface area contributed by atoms with Crippen LogP contribution in [0.3, 0.4) is 0 Å². The third kappa shape index (κ3) is 5.09. The van der Waals surface area contributed by atoms with Crippen LogP contribution >= 0.6 is 0 Å². The Bertz CT molecular complexity index is 1430. The minimum Gasteiger partial charge on any atom is -0.492 e. The predicted octanol–water partition coefficient (Wildman–Crippen LogP) is 5.20. The normalized spacial score (nSPS) is 15.0. The summed E-state index contributed by atoms with van der Waals surface area (Å²) >= 11 is 0. The molecule has 0 atom stereocenters. The Morgan fingerprint density at radius 1 is 0.838 bits per heavy atom. The average molecular weight is 497 g/mol. The maximum absolute atomic E-state index is 13.3. The summed E-state index contributed by atoms with van der Waals surface area (Å²) in [4.78, 5) is 15.6. The molecule has 2 heterocycles. The highest BCUT2D eigenvalue weighted by Gasteiger charge is 2.16. The van der Waals surface area contributed by atoms with Crippen molar-refractivity contribution >= 4 is 22.4 Å². The molecular formula is C30H28N2O5. The van der Waals surface area contributed by atoms with Gasteiger partial charge in [0.15, 0.2) is 11.5 Å². The maximum Gasteiger partial charge on any atom is 0.255 e. The van der Waals surface area contributed by atoms with E-state index < -0.39 is 0 Å². The van der Waals surface area contributed by atoms with Gasteiger partial charge < -0.3 is 24.3 Å². The number of nitrogens with one attached hydrogen (secondary N) is 1. The van der Waals surface area contributed by atoms with E-state index in [1.54, 1.807) is 0 Å². The minimum atomic E-state index is -0.172. The van der Waals surface area contributed by atoms with Crippen LogP contribution in [0.1, 0.15) is 10.4 Å². The smallest absolute Gasteiger partial charge is 0.255 e. The molecule has 37 heavy (non-hydrogen) atoms. The molecule has 2 aliphatic rings. The van der Waals surface area contributed by atoms with Gasteiger partial charge in [0.2, 0.25) is 6.79 Å². The molecule has 0 unspecified atom stereocenters. The Kier molecular flexibility index (Phi) is 6.62. The van der Waals surface area contributed by atoms with Gasteiger partial charge in [0.1, 0.15) is 12.4 Å². The Balaban J connectivity index is 1.19. The van der Waals surface area contributed by atoms with Gasteiger partial charge in [-0.3, -0.25) is 9.69 Å². The molecule has 0 radical (unpaired) electrons. The van der Waals surface area contributed by atoms with Crippen LogP contribution in [0.4, 0.5) is 5.69 Å². The molecule has 1 amide bonds. The quantitative estimate of drug-likeness (QED) is 0.379. The second kappa shape index (κ2) is 10.5. The van der Waals surface area contributed by atoms with Gasteiger partial charge in [-0.25, -0.2) is 0 Å². The van der Waals surface area contributed by atoms with Crippen LogP contribution in [0.15, 0.2) is 78.9 Å². The second-order valence-corrected chi connectivity index (χ2v) is 9.06. The summed E-state index contributed by atoms with van der Waals surface area (Å²) in [6.45, 7) is 5.11. The molecule has 7 nitrogen and oxygen atoms in total. The van der Waals surface area contributed by atoms with Crippen LogP contribution in [0.2, 0.25) is 0 Å². The van der Waals surface area contributed by atoms with Gasteiger partial charge in [-0.15, -0.1) is 0 Å². The third-order valence-electron chi connectivity index (χ3n) is 6.73. The van der Waals surface area contributed by atoms with Crippen LogP contribution in [0.5, 0.6) is 17.2 Å². The van der Waals surface area contributed by atoms with Gasteiger partial charge in [0.25, 0.3) is 5.91 Å². The average Bonchev–Trinajstić information content (AvgIpc) is 3.43. The van der Waals surface area contributed by atoms with Crippen LogP contribution in [0, 0.1) is 0 Å². The van der Waals surface area contributed by atoms with Crippen molar-refractivity contribution in [1.29, 1.82) is 0 Å². The molecule has 0 saturated carbocycles. The van der Waals surface area contributed by atoms with Crippen LogP contribution in [0.25, 0.3) is 21.9 Å². The van der Waals surface area contributed by atoms with Gasteiger partial charge in [-0.1, -0.05) is 42.5 Å². The molecule has 0 bridgehead atoms. The summed E-state index contributed by atoms with van der Waals surface area (Å²) in [6.07, 6.45) is 0. The van der Waals surface area contributed by atoms with Crippen molar-refractivity contribution in [3.8, 4) is 28.4 Å². The number of amides is 1. The van der Waals surface area contributed by atoms with E-state index in [4.69, 9.17) is 18.9 Å². The number of carbonyl (C=O) groups is 1. The van der Waals surface area contributed by atoms with Crippen molar-refractivity contribution in [2.75, 3.05) is 51.6 Å². The lowest BCUT2D eigenvalue weighted by Crippen LogP contribution is -2.38. The van der Waals surface area contributed by atoms with Crippen molar-refractivity contribution in [3.05, 3.63) is 84.4 Å². The van der Waals surface area contributed by atoms with E-state index >= 15 is 0 Å². The topological polar surface area (TPSA) is 69.3 Å². The van der Waals surface area contributed by atoms with Crippen LogP contribution in [-0.2, 0) is 4.74 Å². The summed E-state index contributed by atoms with van der Waals surface area (Å²) in [6, 6.07) is 25.2. The fraction of sp³-hybridized carbons (Fsp3) is 0.233. The number of rotatable bonds is 7. The zero-order chi connectivity index (χ0) is 25.0. The Morgan fingerprint density at radius 2 is 1.65 bits per heavy atom. The first-order chi connectivity index (χ1) is 18.2. The molecule has 1 fully saturated rings. The number of benzene rings is 4. The SMILES string of the molecule is O=C(Nc1ccc(OCCN2CCOCC2)c2ccccc12)c1cccc(-c2ccc3c(c2)OCO3)c1. The van der Waals surface area contributed by atoms with Crippen LogP contribution in [-0.4, -0.2) is 57.1 Å². The number of morpholine rings is 1. The molecule has 1 saturated heterocycles. The highest BCUT2D eigenvalue weighted by Crippen LogP contribution is 2.36. The molecule has 6 rings (SSSR count). The second-order valence-electron chi connectivity index (χ2n) is 9.06. The number of hydrogen-bond acceptors (Lipinski definition) is 6. The fourth-order valence-electron chi connectivity index (χ4n) is 4.73. The number of ether oxygens (including phenoxy) is 4. The number of nitrogens with zero attached hydrogens (tertiary/aromatic N) is 1. The molecule has 1 N–H and O–H groups in total. The Hall–Kier alpha value is -4.07. The standard InChI is InChI=1S/C30H28N2O5/c33-30(23-5-3-4-21(18-23)22-8-10-28-29(19-22)37-20-36-28)31-26-9-11-27(25-7-2-1-6-24(25)26)35-17-14-32-12-15-34-16-13-32/h1-11,18-19H,12-17,20H2,(H,31,33). The molecule has 4 aromatic rings. The van der Waals surface area contributed by atoms with E-state index in [-0.39, 0.29) is 12.7 Å². The summed E-state index contributed by atoms with van der Waals surface area (Å²) in [5, 5.41) is 5.00. The first-order valence-corrected chi connectivity index (χ1v) is 12.5. The van der Waals surface area contributed by atoms with E-state index in [0.717, 1.165) is 71.9 Å². The van der Waals surface area contributed by atoms with E-state index in [0.29, 0.717) is 17.9 Å². The zero-order valence-electron chi connectivity index (χ0n) is 20.4. The molecule has 0 aliphatic carbocycles. The largest absolute Gasteiger partial charge is 0.492 e. The van der Waals surface area contributed by atoms with Gasteiger partial charge in [0, 0.05) is 41.7 Å². The highest BCUT2D eigenvalue weighted by molar-refractivity contribution is 6.10. The molecule has 0 aromatic heterocycles. The van der Waals surface area contributed by atoms with Gasteiger partial charge >= 0.3 is 0 Å². The van der Waals surface area contributed by atoms with Crippen LogP contribution < -0.4 is 19.5 Å². The van der Waals surface area contributed by atoms with Crippen molar-refractivity contribution in [2.45, 2.75) is 0 Å². The summed E-state index contributed by atoms with van der Waals surface area (Å²) < 4.78 is 22.5. The summed E-state index contributed by atoms with van der Waals surface area (Å²) in [5.74, 6) is 2.09. The predicted molar refractivity (Wildman–Crippen MR) is 143 cm³/mol. The molecule has 4 aromatic carbocycles. The molecule has 2 aliphatic heterocycles. The minimum absolute atomic E-state index is 0.172. The Labute approximate surface area is 215 Å². The first-order valence-electron chi connectivity index (χ1n) is 12.5. The van der Waals surface area contributed by atoms with Gasteiger partial charge in [-0.2, -0.15) is 0 Å². The van der Waals surface area contributed by atoms with E-state index in [1.807, 2.05) is 78.9 Å². The summed E-state index contributed by atoms with van der Waals surface area (Å²) in [7, 11) is 0. The first kappa shape index (κ1) is 23.3. The van der Waals surface area contributed by atoms with E-state index in [9.17, 15) is 4.79 Å². The molecule has 188 valence electrons. The fourth-order valence-corrected chi connectivity index (χ4v) is 4.73. The maximum atomic E-state index is 13.3. The number of anilines is 1. The van der Waals surface area contributed by atoms with Crippen molar-refractivity contribution in [1.82, 2.24) is 4.90 Å². The highest BCUT2D eigenvalue weighted by atomic mass is 16.7. The Morgan fingerprint density at radius 3 is 2.54 bits per heavy atom. The number of carbonyl (C=O) groups excluding carboxylic acids is 1. The van der Waals surface area contributed by atoms with E-state index in [1.165, 1.54) is 0 Å². The number of fused-ring (bicyclic) bond motifs is 2. The van der Waals surface area contributed by atoms with Crippen molar-refractivity contribution < 1.29 is 23.7 Å². The third-order valence-corrected chi connectivity index (χ3v) is 6.73. The molecule has 7 heteroatoms. The molecular weight excluding hydrogens is 468 g/mol. The lowest BCUT2D eigenvalue weighted by molar-refractivity contribution is 0.0323. The lowest BCUT2D eigenvalue weighted by Gasteiger charge is -2.26. The van der Waals surface area contributed by atoms with Crippen molar-refractivity contribution in [3.63, 3.8) is 0 Å². The zero-order valence-corrected chi connectivity index (χ0v) is 20.4. The molecule has 0 spiro atoms. The lowest BCUT2D eigenvalue weighted by atomic mass is 10.0. The summed E-state index contributed by atoms with van der Waals surface area (Å²) in [5.41, 5.74) is 3.21. The van der Waals surface area contributed by atoms with Gasteiger partial charge in [-0.05, 0) is 47.5 Å². The monoisotopic (exact) mass is 496 g/mol. The van der Waals surface area contributed by atoms with Gasteiger partial charge in [0.05, 0.1) is 13.2 Å². The van der Waals surface area contributed by atoms with E-state index in [2.05, 4.69) is 10.2 Å². The van der Waals surface area contributed by atoms with Crippen molar-refractivity contribution in [2.24, 2.45) is 0 Å².